The highest BCUT2D eigenvalue weighted by Gasteiger charge is 2.08. The van der Waals surface area contributed by atoms with Gasteiger partial charge >= 0.3 is 0 Å². The van der Waals surface area contributed by atoms with Crippen molar-refractivity contribution in [3.05, 3.63) is 139 Å². The highest BCUT2D eigenvalue weighted by Crippen LogP contribution is 2.28. The van der Waals surface area contributed by atoms with Crippen LogP contribution < -0.4 is 4.74 Å². The summed E-state index contributed by atoms with van der Waals surface area (Å²) in [4.78, 5) is 0. The second-order valence-corrected chi connectivity index (χ2v) is 9.24. The maximum Gasteiger partial charge on any atom is 0.129 e. The molecule has 0 saturated carbocycles. The highest BCUT2D eigenvalue weighted by molar-refractivity contribution is 5.70. The Hall–Kier alpha value is -4.83. The van der Waals surface area contributed by atoms with Gasteiger partial charge in [0, 0.05) is 41.5 Å². The van der Waals surface area contributed by atoms with Crippen LogP contribution in [0, 0.1) is 13.8 Å². The Kier molecular flexibility index (Phi) is 5.91. The zero-order chi connectivity index (χ0) is 25.2. The molecule has 4 aromatic carbocycles. The van der Waals surface area contributed by atoms with E-state index in [2.05, 4.69) is 103 Å². The van der Waals surface area contributed by atoms with E-state index in [1.807, 2.05) is 53.3 Å². The number of benzene rings is 4. The Labute approximate surface area is 217 Å². The minimum atomic E-state index is 0.763. The van der Waals surface area contributed by atoms with Gasteiger partial charge in [-0.15, -0.1) is 0 Å². The van der Waals surface area contributed by atoms with Crippen LogP contribution in [0.2, 0.25) is 0 Å². The van der Waals surface area contributed by atoms with Crippen LogP contribution in [-0.2, 0) is 0 Å². The Morgan fingerprint density at radius 2 is 1.19 bits per heavy atom. The summed E-state index contributed by atoms with van der Waals surface area (Å²) in [5, 5.41) is 4.62. The Bertz CT molecular complexity index is 1660. The number of nitrogens with zero attached hydrogens (tertiary/aromatic N) is 3. The molecular weight excluding hydrogens is 454 g/mol. The molecule has 37 heavy (non-hydrogen) atoms. The molecule has 0 aliphatic heterocycles. The van der Waals surface area contributed by atoms with E-state index in [9.17, 15) is 0 Å². The summed E-state index contributed by atoms with van der Waals surface area (Å²) in [7, 11) is 0. The molecular formula is C33H27N3O. The van der Waals surface area contributed by atoms with Crippen molar-refractivity contribution in [2.75, 3.05) is 0 Å². The molecule has 6 rings (SSSR count). The predicted molar refractivity (Wildman–Crippen MR) is 150 cm³/mol. The summed E-state index contributed by atoms with van der Waals surface area (Å²) in [5.74, 6) is 1.55. The molecule has 0 N–H and O–H groups in total. The van der Waals surface area contributed by atoms with Gasteiger partial charge in [0.05, 0.1) is 11.9 Å². The Morgan fingerprint density at radius 1 is 0.568 bits per heavy atom. The molecule has 180 valence electrons. The molecule has 0 radical (unpaired) electrons. The molecule has 0 amide bonds. The van der Waals surface area contributed by atoms with Crippen molar-refractivity contribution in [1.82, 2.24) is 14.3 Å². The van der Waals surface area contributed by atoms with Gasteiger partial charge in [-0.25, -0.2) is 4.68 Å². The fourth-order valence-electron chi connectivity index (χ4n) is 4.64. The average molecular weight is 482 g/mol. The predicted octanol–water partition coefficient (Wildman–Crippen LogP) is 8.41. The van der Waals surface area contributed by atoms with Gasteiger partial charge < -0.3 is 9.30 Å². The van der Waals surface area contributed by atoms with Crippen molar-refractivity contribution in [2.24, 2.45) is 0 Å². The molecule has 4 heteroatoms. The maximum absolute atomic E-state index is 6.24. The number of rotatable bonds is 6. The molecule has 2 heterocycles. The lowest BCUT2D eigenvalue weighted by atomic mass is 10.0. The molecule has 0 spiro atoms. The van der Waals surface area contributed by atoms with Crippen molar-refractivity contribution >= 4 is 0 Å². The van der Waals surface area contributed by atoms with E-state index in [0.29, 0.717) is 0 Å². The van der Waals surface area contributed by atoms with Gasteiger partial charge in [0.1, 0.15) is 11.5 Å². The van der Waals surface area contributed by atoms with Gasteiger partial charge in [-0.2, -0.15) is 5.10 Å². The first-order chi connectivity index (χ1) is 18.1. The lowest BCUT2D eigenvalue weighted by Gasteiger charge is -2.11. The molecule has 4 nitrogen and oxygen atoms in total. The van der Waals surface area contributed by atoms with Gasteiger partial charge in [-0.05, 0) is 66.4 Å². The second-order valence-electron chi connectivity index (χ2n) is 9.24. The topological polar surface area (TPSA) is 32.0 Å². The lowest BCUT2D eigenvalue weighted by molar-refractivity contribution is 0.482. The summed E-state index contributed by atoms with van der Waals surface area (Å²) in [5.41, 5.74) is 9.06. The summed E-state index contributed by atoms with van der Waals surface area (Å²) in [6.45, 7) is 4.22. The van der Waals surface area contributed by atoms with E-state index in [-0.39, 0.29) is 0 Å². The van der Waals surface area contributed by atoms with Crippen molar-refractivity contribution in [3.63, 3.8) is 0 Å². The van der Waals surface area contributed by atoms with Crippen LogP contribution in [0.4, 0.5) is 0 Å². The molecule has 0 bridgehead atoms. The van der Waals surface area contributed by atoms with Gasteiger partial charge in [-0.1, -0.05) is 66.7 Å². The third kappa shape index (κ3) is 4.82. The van der Waals surface area contributed by atoms with Crippen LogP contribution >= 0.6 is 0 Å². The molecule has 2 aromatic heterocycles. The smallest absolute Gasteiger partial charge is 0.129 e. The fourth-order valence-corrected chi connectivity index (χ4v) is 4.64. The standard InChI is InChI=1S/C33H27N3O/c1-24-18-25(2)35(22-24)30-10-6-12-32(19-30)37-33-13-7-11-31(20-33)36-23-29(21-34-36)28-16-14-27(15-17-28)26-8-4-3-5-9-26/h3-23H,1-2H3. The molecule has 0 fully saturated rings. The van der Waals surface area contributed by atoms with Gasteiger partial charge in [-0.3, -0.25) is 0 Å². The number of hydrogen-bond acceptors (Lipinski definition) is 2. The number of aryl methyl sites for hydroxylation is 2. The normalized spacial score (nSPS) is 11.0. The van der Waals surface area contributed by atoms with E-state index < -0.39 is 0 Å². The third-order valence-electron chi connectivity index (χ3n) is 6.47. The van der Waals surface area contributed by atoms with Crippen molar-refractivity contribution in [3.8, 4) is 45.1 Å². The van der Waals surface area contributed by atoms with Crippen molar-refractivity contribution in [1.29, 1.82) is 0 Å². The molecule has 0 atom stereocenters. The van der Waals surface area contributed by atoms with E-state index in [1.165, 1.54) is 22.4 Å². The zero-order valence-corrected chi connectivity index (χ0v) is 20.9. The van der Waals surface area contributed by atoms with Gasteiger partial charge in [0.2, 0.25) is 0 Å². The quantitative estimate of drug-likeness (QED) is 0.239. The van der Waals surface area contributed by atoms with Crippen LogP contribution in [0.15, 0.2) is 128 Å². The highest BCUT2D eigenvalue weighted by atomic mass is 16.5. The van der Waals surface area contributed by atoms with Crippen LogP contribution in [-0.4, -0.2) is 14.3 Å². The minimum Gasteiger partial charge on any atom is -0.457 e. The zero-order valence-electron chi connectivity index (χ0n) is 20.9. The van der Waals surface area contributed by atoms with Crippen LogP contribution in [0.25, 0.3) is 33.6 Å². The molecule has 0 saturated heterocycles. The Balaban J connectivity index is 1.21. The number of aromatic nitrogens is 3. The SMILES string of the molecule is Cc1cc(C)n(-c2cccc(Oc3cccc(-n4cc(-c5ccc(-c6ccccc6)cc5)cn4)c3)c2)c1. The van der Waals surface area contributed by atoms with Gasteiger partial charge in [0.25, 0.3) is 0 Å². The maximum atomic E-state index is 6.24. The summed E-state index contributed by atoms with van der Waals surface area (Å²) < 4.78 is 10.3. The fraction of sp³-hybridized carbons (Fsp3) is 0.0606. The van der Waals surface area contributed by atoms with E-state index in [1.54, 1.807) is 0 Å². The first kappa shape index (κ1) is 22.6. The summed E-state index contributed by atoms with van der Waals surface area (Å²) >= 11 is 0. The minimum absolute atomic E-state index is 0.763. The first-order valence-electron chi connectivity index (χ1n) is 12.4. The van der Waals surface area contributed by atoms with Crippen molar-refractivity contribution in [2.45, 2.75) is 13.8 Å². The lowest BCUT2D eigenvalue weighted by Crippen LogP contribution is -1.96. The number of hydrogen-bond donors (Lipinski definition) is 0. The van der Waals surface area contributed by atoms with Crippen LogP contribution in [0.3, 0.4) is 0 Å². The van der Waals surface area contributed by atoms with Gasteiger partial charge in [0.15, 0.2) is 0 Å². The molecule has 0 aliphatic carbocycles. The summed E-state index contributed by atoms with van der Waals surface area (Å²) in [6, 6.07) is 37.3. The van der Waals surface area contributed by atoms with E-state index in [0.717, 1.165) is 34.0 Å². The molecule has 0 aliphatic rings. The molecule has 6 aromatic rings. The second kappa shape index (κ2) is 9.67. The van der Waals surface area contributed by atoms with E-state index in [4.69, 9.17) is 4.74 Å². The summed E-state index contributed by atoms with van der Waals surface area (Å²) in [6.07, 6.45) is 6.09. The Morgan fingerprint density at radius 3 is 1.86 bits per heavy atom. The molecule has 0 unspecified atom stereocenters. The average Bonchev–Trinajstić information content (AvgIpc) is 3.56. The largest absolute Gasteiger partial charge is 0.457 e. The van der Waals surface area contributed by atoms with Crippen LogP contribution in [0.1, 0.15) is 11.3 Å². The van der Waals surface area contributed by atoms with E-state index >= 15 is 0 Å². The van der Waals surface area contributed by atoms with Crippen molar-refractivity contribution < 1.29 is 4.74 Å². The monoisotopic (exact) mass is 481 g/mol. The first-order valence-corrected chi connectivity index (χ1v) is 12.4. The third-order valence-corrected chi connectivity index (χ3v) is 6.47. The van der Waals surface area contributed by atoms with Crippen LogP contribution in [0.5, 0.6) is 11.5 Å². The number of ether oxygens (including phenoxy) is 1.